The van der Waals surface area contributed by atoms with Crippen molar-refractivity contribution in [1.29, 1.82) is 0 Å². The van der Waals surface area contributed by atoms with Crippen LogP contribution in [-0.4, -0.2) is 83.5 Å². The summed E-state index contributed by atoms with van der Waals surface area (Å²) in [6.45, 7) is 20.0. The Labute approximate surface area is 264 Å². The second-order valence-corrected chi connectivity index (χ2v) is 11.9. The zero-order chi connectivity index (χ0) is 32.9. The average molecular weight is 628 g/mol. The number of benzene rings is 1. The molecule has 8 nitrogen and oxygen atoms in total. The predicted molar refractivity (Wildman–Crippen MR) is 169 cm³/mol. The average Bonchev–Trinajstić information content (AvgIpc) is 3.32. The Hall–Kier alpha value is -3.86. The molecule has 1 aliphatic carbocycles. The molecule has 0 unspecified atom stereocenters. The van der Waals surface area contributed by atoms with Gasteiger partial charge in [-0.15, -0.1) is 0 Å². The van der Waals surface area contributed by atoms with Gasteiger partial charge in [0.25, 0.3) is 12.3 Å². The summed E-state index contributed by atoms with van der Waals surface area (Å²) in [5.41, 5.74) is 1.82. The highest BCUT2D eigenvalue weighted by Crippen LogP contribution is 2.52. The molecule has 244 valence electrons. The number of rotatable bonds is 11. The monoisotopic (exact) mass is 627 g/mol. The van der Waals surface area contributed by atoms with Crippen molar-refractivity contribution in [3.8, 4) is 11.5 Å². The van der Waals surface area contributed by atoms with E-state index in [1.165, 1.54) is 24.5 Å². The Morgan fingerprint density at radius 2 is 1.91 bits per heavy atom. The summed E-state index contributed by atoms with van der Waals surface area (Å²) in [5, 5.41) is 0. The number of ether oxygens (including phenoxy) is 2. The number of aromatic nitrogens is 2. The quantitative estimate of drug-likeness (QED) is 0.252. The van der Waals surface area contributed by atoms with Gasteiger partial charge in [-0.05, 0) is 63.5 Å². The van der Waals surface area contributed by atoms with Crippen LogP contribution in [0.4, 0.5) is 19.0 Å². The van der Waals surface area contributed by atoms with Gasteiger partial charge in [-0.2, -0.15) is 0 Å². The number of carbonyl (C=O) groups excluding carboxylic acids is 1. The van der Waals surface area contributed by atoms with E-state index >= 15 is 0 Å². The Bertz CT molecular complexity index is 1420. The Balaban J connectivity index is 0.00000226. The molecule has 5 rings (SSSR count). The van der Waals surface area contributed by atoms with Crippen LogP contribution in [0.1, 0.15) is 57.8 Å². The molecule has 0 N–H and O–H groups in total. The minimum absolute atomic E-state index is 0.00373. The number of allylic oxidation sites excluding steroid dienone is 1. The van der Waals surface area contributed by atoms with Gasteiger partial charge in [0.05, 0.1) is 18.3 Å². The topological polar surface area (TPSA) is 71.0 Å². The second-order valence-electron chi connectivity index (χ2n) is 11.9. The summed E-state index contributed by atoms with van der Waals surface area (Å²) < 4.78 is 52.4. The first-order chi connectivity index (χ1) is 21.5. The Kier molecular flexibility index (Phi) is 11.0. The number of amides is 1. The molecule has 2 saturated heterocycles. The molecule has 1 spiro atoms. The van der Waals surface area contributed by atoms with Gasteiger partial charge >= 0.3 is 0 Å². The number of carbonyl (C=O) groups is 1. The number of hydrogen-bond donors (Lipinski definition) is 0. The molecule has 3 fully saturated rings. The third-order valence-corrected chi connectivity index (χ3v) is 8.34. The van der Waals surface area contributed by atoms with Gasteiger partial charge in [0, 0.05) is 49.8 Å². The first-order valence-corrected chi connectivity index (χ1v) is 15.6. The van der Waals surface area contributed by atoms with Crippen LogP contribution < -0.4 is 9.64 Å². The molecule has 1 aromatic carbocycles. The fourth-order valence-corrected chi connectivity index (χ4v) is 6.31. The van der Waals surface area contributed by atoms with E-state index < -0.39 is 12.2 Å². The van der Waals surface area contributed by atoms with Crippen molar-refractivity contribution >= 4 is 11.7 Å². The number of likely N-dealkylation sites (tertiary alicyclic amines) is 1. The lowest BCUT2D eigenvalue weighted by Crippen LogP contribution is -2.64. The van der Waals surface area contributed by atoms with Crippen LogP contribution in [0.2, 0.25) is 0 Å². The van der Waals surface area contributed by atoms with E-state index in [9.17, 15) is 18.0 Å². The van der Waals surface area contributed by atoms with E-state index in [1.54, 1.807) is 22.1 Å². The lowest BCUT2D eigenvalue weighted by Gasteiger charge is -2.59. The van der Waals surface area contributed by atoms with E-state index in [0.29, 0.717) is 37.0 Å². The molecule has 1 saturated carbocycles. The minimum Gasteiger partial charge on any atom is -0.490 e. The second kappa shape index (κ2) is 14.5. The van der Waals surface area contributed by atoms with E-state index in [2.05, 4.69) is 28.0 Å². The van der Waals surface area contributed by atoms with Crippen LogP contribution in [-0.2, 0) is 4.74 Å². The maximum atomic E-state index is 14.2. The van der Waals surface area contributed by atoms with Crippen molar-refractivity contribution in [1.82, 2.24) is 19.8 Å². The third-order valence-electron chi connectivity index (χ3n) is 8.34. The van der Waals surface area contributed by atoms with E-state index in [4.69, 9.17) is 9.47 Å². The van der Waals surface area contributed by atoms with Crippen molar-refractivity contribution in [2.24, 2.45) is 5.41 Å². The highest BCUT2D eigenvalue weighted by atomic mass is 19.3. The summed E-state index contributed by atoms with van der Waals surface area (Å²) in [5.74, 6) is 0.992. The standard InChI is InChI=1S/C32H38F3N5O3.C2H6/c1-6-26(25-15-38(14-21(25)5)16-29(34)35)42-23-11-32(12-23)17-39(18-32)30-28(13-36-19-37-30)43-27-9-8-22(33)10-24(27)31(41)40(7-2)20(3)4;1-2/h6,8-10,13,19-20,23,29H,1,5,7,11-12,14-18H2,2-4H3;1-2H3/b26-25+;. The van der Waals surface area contributed by atoms with Crippen LogP contribution >= 0.6 is 0 Å². The summed E-state index contributed by atoms with van der Waals surface area (Å²) in [6.07, 6.45) is 3.91. The van der Waals surface area contributed by atoms with Crippen molar-refractivity contribution in [3.63, 3.8) is 0 Å². The molecular formula is C34H44F3N5O3. The molecule has 11 heteroatoms. The normalized spacial score (nSPS) is 18.7. The summed E-state index contributed by atoms with van der Waals surface area (Å²) in [6, 6.07) is 3.85. The molecule has 2 aromatic rings. The number of nitrogens with zero attached hydrogens (tertiary/aromatic N) is 5. The first kappa shape index (κ1) is 34.0. The number of alkyl halides is 2. The maximum Gasteiger partial charge on any atom is 0.257 e. The van der Waals surface area contributed by atoms with Crippen molar-refractivity contribution < 1.29 is 27.4 Å². The van der Waals surface area contributed by atoms with Crippen molar-refractivity contribution in [2.75, 3.05) is 44.2 Å². The Morgan fingerprint density at radius 3 is 2.53 bits per heavy atom. The molecule has 1 aromatic heterocycles. The fourth-order valence-electron chi connectivity index (χ4n) is 6.31. The lowest BCUT2D eigenvalue weighted by atomic mass is 9.61. The van der Waals surface area contributed by atoms with Gasteiger partial charge in [0.1, 0.15) is 29.8 Å². The maximum absolute atomic E-state index is 14.2. The zero-order valence-electron chi connectivity index (χ0n) is 26.9. The predicted octanol–water partition coefficient (Wildman–Crippen LogP) is 6.87. The Morgan fingerprint density at radius 1 is 1.20 bits per heavy atom. The highest BCUT2D eigenvalue weighted by Gasteiger charge is 2.54. The largest absolute Gasteiger partial charge is 0.490 e. The number of anilines is 1. The number of halogens is 3. The zero-order valence-corrected chi connectivity index (χ0v) is 26.9. The molecule has 1 amide bonds. The van der Waals surface area contributed by atoms with Crippen LogP contribution in [0.5, 0.6) is 11.5 Å². The van der Waals surface area contributed by atoms with Crippen LogP contribution in [0.25, 0.3) is 0 Å². The molecule has 0 atom stereocenters. The molecule has 3 aliphatic rings. The summed E-state index contributed by atoms with van der Waals surface area (Å²) in [4.78, 5) is 27.3. The third kappa shape index (κ3) is 7.52. The fraction of sp³-hybridized carbons (Fsp3) is 0.500. The van der Waals surface area contributed by atoms with Crippen LogP contribution in [0, 0.1) is 11.2 Å². The van der Waals surface area contributed by atoms with Gasteiger partial charge < -0.3 is 19.3 Å². The first-order valence-electron chi connectivity index (χ1n) is 15.6. The van der Waals surface area contributed by atoms with Gasteiger partial charge in [-0.3, -0.25) is 9.69 Å². The van der Waals surface area contributed by atoms with Crippen LogP contribution in [0.3, 0.4) is 0 Å². The molecule has 45 heavy (non-hydrogen) atoms. The van der Waals surface area contributed by atoms with E-state index in [-0.39, 0.29) is 41.3 Å². The number of hydrogen-bond acceptors (Lipinski definition) is 7. The molecular weight excluding hydrogens is 583 g/mol. The van der Waals surface area contributed by atoms with Gasteiger partial charge in [-0.1, -0.05) is 27.0 Å². The SMILES string of the molecule is C=C/C(OC1CC2(C1)CN(c1ncncc1Oc1ccc(F)cc1C(=O)N(CC)C(C)C)C2)=C1/CN(CC(F)F)CC1=C.CC. The van der Waals surface area contributed by atoms with Gasteiger partial charge in [-0.25, -0.2) is 23.1 Å². The molecule has 2 aliphatic heterocycles. The van der Waals surface area contributed by atoms with Crippen LogP contribution in [0.15, 0.2) is 66.9 Å². The summed E-state index contributed by atoms with van der Waals surface area (Å²) in [7, 11) is 0. The van der Waals surface area contributed by atoms with E-state index in [0.717, 1.165) is 37.1 Å². The smallest absolute Gasteiger partial charge is 0.257 e. The van der Waals surface area contributed by atoms with Crippen molar-refractivity contribution in [2.45, 2.75) is 66.0 Å². The lowest BCUT2D eigenvalue weighted by molar-refractivity contribution is -0.0645. The highest BCUT2D eigenvalue weighted by molar-refractivity contribution is 5.97. The molecule has 0 bridgehead atoms. The van der Waals surface area contributed by atoms with E-state index in [1.807, 2.05) is 34.6 Å². The summed E-state index contributed by atoms with van der Waals surface area (Å²) >= 11 is 0. The van der Waals surface area contributed by atoms with Gasteiger partial charge in [0.15, 0.2) is 11.6 Å². The van der Waals surface area contributed by atoms with Gasteiger partial charge in [0.2, 0.25) is 0 Å². The molecule has 3 heterocycles. The van der Waals surface area contributed by atoms with Crippen molar-refractivity contribution in [3.05, 3.63) is 78.2 Å². The minimum atomic E-state index is -2.40. The molecule has 0 radical (unpaired) electrons.